The van der Waals surface area contributed by atoms with E-state index in [-0.39, 0.29) is 10.6 Å². The summed E-state index contributed by atoms with van der Waals surface area (Å²) in [4.78, 5) is 15.9. The maximum Gasteiger partial charge on any atom is 0.311 e. The number of anilines is 1. The molecule has 6 nitrogen and oxygen atoms in total. The zero-order chi connectivity index (χ0) is 17.1. The number of likely N-dealkylation sites (tertiary alicyclic amines) is 1. The second-order valence-electron chi connectivity index (χ2n) is 6.72. The van der Waals surface area contributed by atoms with Gasteiger partial charge in [0.25, 0.3) is 0 Å². The molecule has 0 spiro atoms. The fourth-order valence-corrected chi connectivity index (χ4v) is 4.06. The summed E-state index contributed by atoms with van der Waals surface area (Å²) in [6.45, 7) is 6.56. The molecule has 2 fully saturated rings. The molecule has 0 N–H and O–H groups in total. The van der Waals surface area contributed by atoms with E-state index in [0.717, 1.165) is 30.8 Å². The molecule has 1 aromatic rings. The molecule has 1 aromatic carbocycles. The van der Waals surface area contributed by atoms with Gasteiger partial charge in [0.05, 0.1) is 12.0 Å². The van der Waals surface area contributed by atoms with Crippen molar-refractivity contribution < 1.29 is 9.66 Å². The van der Waals surface area contributed by atoms with Gasteiger partial charge < -0.3 is 14.5 Å². The van der Waals surface area contributed by atoms with Crippen molar-refractivity contribution in [3.05, 3.63) is 27.8 Å². The van der Waals surface area contributed by atoms with Gasteiger partial charge in [0.1, 0.15) is 0 Å². The fourth-order valence-electron chi connectivity index (χ4n) is 4.06. The summed E-state index contributed by atoms with van der Waals surface area (Å²) >= 11 is 0. The third-order valence-electron chi connectivity index (χ3n) is 5.42. The zero-order valence-electron chi connectivity index (χ0n) is 14.7. The number of hydrogen-bond acceptors (Lipinski definition) is 5. The van der Waals surface area contributed by atoms with E-state index >= 15 is 0 Å². The Morgan fingerprint density at radius 1 is 1.21 bits per heavy atom. The number of ether oxygens (including phenoxy) is 1. The molecule has 132 valence electrons. The minimum absolute atomic E-state index is 0.0602. The molecule has 0 aromatic heterocycles. The first-order chi connectivity index (χ1) is 11.6. The van der Waals surface area contributed by atoms with Crippen molar-refractivity contribution >= 4 is 11.4 Å². The van der Waals surface area contributed by atoms with Crippen LogP contribution in [0.5, 0.6) is 5.75 Å². The van der Waals surface area contributed by atoms with Crippen LogP contribution in [0.25, 0.3) is 0 Å². The predicted octanol–water partition coefficient (Wildman–Crippen LogP) is 3.23. The van der Waals surface area contributed by atoms with E-state index in [1.54, 1.807) is 6.07 Å². The van der Waals surface area contributed by atoms with Gasteiger partial charge in [-0.2, -0.15) is 0 Å². The molecule has 0 atom stereocenters. The topological polar surface area (TPSA) is 58.9 Å². The second kappa shape index (κ2) is 7.38. The van der Waals surface area contributed by atoms with E-state index in [1.165, 1.54) is 45.9 Å². The predicted molar refractivity (Wildman–Crippen MR) is 95.1 cm³/mol. The van der Waals surface area contributed by atoms with Crippen LogP contribution < -0.4 is 9.64 Å². The molecule has 2 aliphatic rings. The van der Waals surface area contributed by atoms with Crippen LogP contribution in [0.15, 0.2) is 12.1 Å². The molecule has 2 saturated heterocycles. The van der Waals surface area contributed by atoms with Crippen LogP contribution in [-0.2, 0) is 6.42 Å². The monoisotopic (exact) mass is 333 g/mol. The van der Waals surface area contributed by atoms with Crippen molar-refractivity contribution in [3.8, 4) is 5.75 Å². The number of aryl methyl sites for hydroxylation is 1. The Balaban J connectivity index is 1.78. The van der Waals surface area contributed by atoms with Gasteiger partial charge in [0.15, 0.2) is 5.75 Å². The normalized spacial score (nSPS) is 19.7. The van der Waals surface area contributed by atoms with Gasteiger partial charge in [0, 0.05) is 37.0 Å². The van der Waals surface area contributed by atoms with Crippen molar-refractivity contribution in [2.24, 2.45) is 0 Å². The van der Waals surface area contributed by atoms with Crippen molar-refractivity contribution in [2.45, 2.75) is 45.1 Å². The third-order valence-corrected chi connectivity index (χ3v) is 5.42. The van der Waals surface area contributed by atoms with E-state index in [0.29, 0.717) is 11.8 Å². The number of nitro groups is 1. The number of piperidine rings is 1. The van der Waals surface area contributed by atoms with Crippen molar-refractivity contribution in [1.29, 1.82) is 0 Å². The lowest BCUT2D eigenvalue weighted by Gasteiger charge is -2.38. The first kappa shape index (κ1) is 17.0. The number of hydrogen-bond donors (Lipinski definition) is 0. The Labute approximate surface area is 143 Å². The quantitative estimate of drug-likeness (QED) is 0.611. The van der Waals surface area contributed by atoms with Crippen LogP contribution in [0.4, 0.5) is 11.4 Å². The largest absolute Gasteiger partial charge is 0.490 e. The Hall–Kier alpha value is -1.82. The van der Waals surface area contributed by atoms with Crippen molar-refractivity contribution in [1.82, 2.24) is 4.90 Å². The van der Waals surface area contributed by atoms with Crippen LogP contribution in [0, 0.1) is 10.1 Å². The smallest absolute Gasteiger partial charge is 0.311 e. The van der Waals surface area contributed by atoms with Crippen LogP contribution in [-0.4, -0.2) is 49.2 Å². The molecule has 24 heavy (non-hydrogen) atoms. The molecule has 6 heteroatoms. The highest BCUT2D eigenvalue weighted by atomic mass is 16.6. The summed E-state index contributed by atoms with van der Waals surface area (Å²) in [7, 11) is 1.50. The Morgan fingerprint density at radius 2 is 1.88 bits per heavy atom. The SMILES string of the molecule is CCc1cc([N+](=O)[O-])c(OC)cc1N1CCC(N2CCCC2)CC1. The standard InChI is InChI=1S/C18H27N3O3/c1-3-14-12-17(21(22)23)18(24-2)13-16(14)20-10-6-15(7-11-20)19-8-4-5-9-19/h12-13,15H,3-11H2,1-2H3. The molecule has 2 heterocycles. The molecular weight excluding hydrogens is 306 g/mol. The lowest BCUT2D eigenvalue weighted by molar-refractivity contribution is -0.385. The van der Waals surface area contributed by atoms with Crippen LogP contribution >= 0.6 is 0 Å². The summed E-state index contributed by atoms with van der Waals surface area (Å²) in [6, 6.07) is 4.24. The average Bonchev–Trinajstić information content (AvgIpc) is 3.15. The average molecular weight is 333 g/mol. The molecule has 0 bridgehead atoms. The van der Waals surface area contributed by atoms with Gasteiger partial charge in [-0.1, -0.05) is 6.92 Å². The minimum Gasteiger partial charge on any atom is -0.490 e. The number of nitro benzene ring substituents is 1. The number of methoxy groups -OCH3 is 1. The molecule has 0 amide bonds. The van der Waals surface area contributed by atoms with E-state index in [9.17, 15) is 10.1 Å². The first-order valence-electron chi connectivity index (χ1n) is 8.98. The minimum atomic E-state index is -0.360. The summed E-state index contributed by atoms with van der Waals surface area (Å²) in [5.41, 5.74) is 2.19. The van der Waals surface area contributed by atoms with Gasteiger partial charge in [-0.15, -0.1) is 0 Å². The Kier molecular flexibility index (Phi) is 5.23. The van der Waals surface area contributed by atoms with Crippen LogP contribution in [0.1, 0.15) is 38.2 Å². The Bertz CT molecular complexity index is 591. The van der Waals surface area contributed by atoms with E-state index in [1.807, 2.05) is 13.0 Å². The highest BCUT2D eigenvalue weighted by molar-refractivity contribution is 5.64. The fraction of sp³-hybridized carbons (Fsp3) is 0.667. The van der Waals surface area contributed by atoms with Gasteiger partial charge in [-0.05, 0) is 50.8 Å². The van der Waals surface area contributed by atoms with E-state index in [4.69, 9.17) is 4.74 Å². The lowest BCUT2D eigenvalue weighted by atomic mass is 10.0. The zero-order valence-corrected chi connectivity index (χ0v) is 14.7. The van der Waals surface area contributed by atoms with Gasteiger partial charge in [-0.25, -0.2) is 0 Å². The summed E-state index contributed by atoms with van der Waals surface area (Å²) in [5.74, 6) is 0.355. The lowest BCUT2D eigenvalue weighted by Crippen LogP contribution is -2.44. The third kappa shape index (κ3) is 3.34. The van der Waals surface area contributed by atoms with Gasteiger partial charge >= 0.3 is 5.69 Å². The van der Waals surface area contributed by atoms with Gasteiger partial charge in [-0.3, -0.25) is 10.1 Å². The second-order valence-corrected chi connectivity index (χ2v) is 6.72. The van der Waals surface area contributed by atoms with E-state index < -0.39 is 0 Å². The van der Waals surface area contributed by atoms with Crippen LogP contribution in [0.2, 0.25) is 0 Å². The summed E-state index contributed by atoms with van der Waals surface area (Å²) in [6.07, 6.45) is 5.79. The van der Waals surface area contributed by atoms with Crippen molar-refractivity contribution in [2.75, 3.05) is 38.2 Å². The van der Waals surface area contributed by atoms with Gasteiger partial charge in [0.2, 0.25) is 0 Å². The summed E-state index contributed by atoms with van der Waals surface area (Å²) < 4.78 is 5.26. The maximum atomic E-state index is 11.2. The van der Waals surface area contributed by atoms with E-state index in [2.05, 4.69) is 9.80 Å². The molecule has 0 radical (unpaired) electrons. The first-order valence-corrected chi connectivity index (χ1v) is 8.98. The Morgan fingerprint density at radius 3 is 2.42 bits per heavy atom. The molecule has 0 unspecified atom stereocenters. The number of benzene rings is 1. The molecule has 3 rings (SSSR count). The molecule has 0 saturated carbocycles. The molecule has 2 aliphatic heterocycles. The number of nitrogens with zero attached hydrogens (tertiary/aromatic N) is 3. The highest BCUT2D eigenvalue weighted by Crippen LogP contribution is 2.36. The molecule has 0 aliphatic carbocycles. The summed E-state index contributed by atoms with van der Waals surface area (Å²) in [5, 5.41) is 11.2. The van der Waals surface area contributed by atoms with Crippen molar-refractivity contribution in [3.63, 3.8) is 0 Å². The number of rotatable bonds is 5. The highest BCUT2D eigenvalue weighted by Gasteiger charge is 2.28. The molecular formula is C18H27N3O3. The maximum absolute atomic E-state index is 11.2. The van der Waals surface area contributed by atoms with Crippen LogP contribution in [0.3, 0.4) is 0 Å².